The van der Waals surface area contributed by atoms with Gasteiger partial charge in [-0.3, -0.25) is 0 Å². The van der Waals surface area contributed by atoms with Crippen LogP contribution in [0.3, 0.4) is 0 Å². The minimum absolute atomic E-state index is 0.726. The molecule has 280 valence electrons. The highest BCUT2D eigenvalue weighted by atomic mass is 15.2. The first-order valence-corrected chi connectivity index (χ1v) is 20.3. The average Bonchev–Trinajstić information content (AvgIpc) is 3.63. The summed E-state index contributed by atoms with van der Waals surface area (Å²) in [5, 5.41) is 4.93. The van der Waals surface area contributed by atoms with Crippen molar-refractivity contribution in [3.05, 3.63) is 237 Å². The molecule has 59 heavy (non-hydrogen) atoms. The molecule has 9 aromatic carbocycles. The summed E-state index contributed by atoms with van der Waals surface area (Å²) in [4.78, 5) is 2.50. The molecule has 0 aliphatic rings. The summed E-state index contributed by atoms with van der Waals surface area (Å²) >= 11 is 0. The number of nitrogens with zero attached hydrogens (tertiary/aromatic N) is 2. The van der Waals surface area contributed by atoms with Gasteiger partial charge in [-0.2, -0.15) is 0 Å². The Labute approximate surface area is 345 Å². The number of aromatic nitrogens is 1. The fourth-order valence-electron chi connectivity index (χ4n) is 8.91. The van der Waals surface area contributed by atoms with E-state index >= 15 is 0 Å². The van der Waals surface area contributed by atoms with Gasteiger partial charge in [0.1, 0.15) is 0 Å². The maximum absolute atomic E-state index is 3.95. The molecule has 0 spiro atoms. The zero-order chi connectivity index (χ0) is 39.5. The second-order valence-electron chi connectivity index (χ2n) is 14.8. The van der Waals surface area contributed by atoms with Crippen molar-refractivity contribution in [3.8, 4) is 44.5 Å². The van der Waals surface area contributed by atoms with Crippen LogP contribution in [0, 0.1) is 0 Å². The number of hydrogen-bond donors (Lipinski definition) is 0. The minimum atomic E-state index is 0.726. The van der Waals surface area contributed by atoms with E-state index in [2.05, 4.69) is 234 Å². The summed E-state index contributed by atoms with van der Waals surface area (Å²) < 4.78 is 2.45. The predicted octanol–water partition coefficient (Wildman–Crippen LogP) is 15.8. The van der Waals surface area contributed by atoms with Crippen LogP contribution in [0.15, 0.2) is 237 Å². The molecule has 1 heterocycles. The van der Waals surface area contributed by atoms with Gasteiger partial charge in [-0.05, 0) is 57.3 Å². The van der Waals surface area contributed by atoms with E-state index in [1.807, 2.05) is 12.2 Å². The van der Waals surface area contributed by atoms with Crippen LogP contribution in [0.25, 0.3) is 77.1 Å². The molecule has 0 aliphatic carbocycles. The maximum Gasteiger partial charge on any atom is 0.0574 e. The van der Waals surface area contributed by atoms with E-state index in [0.717, 1.165) is 45.9 Å². The third-order valence-electron chi connectivity index (χ3n) is 11.4. The molecule has 0 fully saturated rings. The maximum atomic E-state index is 3.95. The highest BCUT2D eigenvalue weighted by molar-refractivity contribution is 6.14. The van der Waals surface area contributed by atoms with Gasteiger partial charge < -0.3 is 9.47 Å². The summed E-state index contributed by atoms with van der Waals surface area (Å²) in [5.74, 6) is 0. The lowest BCUT2D eigenvalue weighted by Gasteiger charge is -2.32. The Morgan fingerprint density at radius 2 is 0.881 bits per heavy atom. The van der Waals surface area contributed by atoms with Crippen LogP contribution in [0.2, 0.25) is 0 Å². The molecule has 0 atom stereocenters. The Morgan fingerprint density at radius 1 is 0.407 bits per heavy atom. The molecule has 0 N–H and O–H groups in total. The summed E-state index contributed by atoms with van der Waals surface area (Å²) in [5.41, 5.74) is 15.1. The van der Waals surface area contributed by atoms with Crippen molar-refractivity contribution in [1.82, 2.24) is 4.57 Å². The van der Waals surface area contributed by atoms with E-state index in [4.69, 9.17) is 0 Å². The summed E-state index contributed by atoms with van der Waals surface area (Å²) in [6, 6.07) is 77.1. The number of para-hydroxylation sites is 5. The van der Waals surface area contributed by atoms with Crippen LogP contribution in [0.1, 0.15) is 0 Å². The lowest BCUT2D eigenvalue weighted by atomic mass is 9.90. The molecule has 0 aliphatic heterocycles. The Morgan fingerprint density at radius 3 is 1.56 bits per heavy atom. The van der Waals surface area contributed by atoms with Crippen molar-refractivity contribution in [3.63, 3.8) is 0 Å². The lowest BCUT2D eigenvalue weighted by Crippen LogP contribution is -2.14. The van der Waals surface area contributed by atoms with E-state index in [-0.39, 0.29) is 0 Å². The van der Waals surface area contributed by atoms with Gasteiger partial charge in [-0.25, -0.2) is 0 Å². The summed E-state index contributed by atoms with van der Waals surface area (Å²) in [6.07, 6.45) is 6.07. The Bertz CT molecular complexity index is 3150. The van der Waals surface area contributed by atoms with E-state index in [1.165, 1.54) is 54.8 Å². The quantitative estimate of drug-likeness (QED) is 0.126. The van der Waals surface area contributed by atoms with E-state index in [0.29, 0.717) is 0 Å². The molecule has 0 unspecified atom stereocenters. The van der Waals surface area contributed by atoms with Gasteiger partial charge in [-0.15, -0.1) is 0 Å². The molecule has 10 rings (SSSR count). The summed E-state index contributed by atoms with van der Waals surface area (Å²) in [7, 11) is 0. The van der Waals surface area contributed by atoms with Gasteiger partial charge in [-0.1, -0.05) is 213 Å². The molecule has 10 aromatic rings. The van der Waals surface area contributed by atoms with Crippen LogP contribution in [-0.4, -0.2) is 4.57 Å². The van der Waals surface area contributed by atoms with Crippen LogP contribution in [-0.2, 0) is 6.54 Å². The average molecular weight is 755 g/mol. The molecule has 1 aromatic heterocycles. The predicted molar refractivity (Wildman–Crippen MR) is 253 cm³/mol. The van der Waals surface area contributed by atoms with Gasteiger partial charge >= 0.3 is 0 Å². The van der Waals surface area contributed by atoms with Crippen LogP contribution >= 0.6 is 0 Å². The molecule has 0 saturated carbocycles. The molecular formula is C57H42N2. The number of hydrogen-bond acceptors (Lipinski definition) is 1. The molecule has 0 saturated heterocycles. The van der Waals surface area contributed by atoms with Crippen LogP contribution in [0.5, 0.6) is 0 Å². The van der Waals surface area contributed by atoms with Gasteiger partial charge in [0.25, 0.3) is 0 Å². The SMILES string of the molecule is C=C/C=C\Cn1c2ccccc2c2cccc(-c3ccccc3N(c3ccccc3-c3ccccc3)c3ccccc3-c3cccc4cccc(-c5ccccc5)c34)c21. The van der Waals surface area contributed by atoms with Crippen molar-refractivity contribution in [2.75, 3.05) is 4.90 Å². The third kappa shape index (κ3) is 6.42. The van der Waals surface area contributed by atoms with Gasteiger partial charge in [0, 0.05) is 45.1 Å². The molecule has 2 heteroatoms. The van der Waals surface area contributed by atoms with Crippen molar-refractivity contribution < 1.29 is 0 Å². The lowest BCUT2D eigenvalue weighted by molar-refractivity contribution is 0.899. The van der Waals surface area contributed by atoms with Crippen molar-refractivity contribution in [2.24, 2.45) is 0 Å². The van der Waals surface area contributed by atoms with E-state index < -0.39 is 0 Å². The monoisotopic (exact) mass is 754 g/mol. The zero-order valence-corrected chi connectivity index (χ0v) is 32.7. The van der Waals surface area contributed by atoms with E-state index in [1.54, 1.807) is 0 Å². The van der Waals surface area contributed by atoms with Crippen LogP contribution < -0.4 is 4.90 Å². The number of fused-ring (bicyclic) bond motifs is 4. The molecule has 0 radical (unpaired) electrons. The summed E-state index contributed by atoms with van der Waals surface area (Å²) in [6.45, 7) is 4.68. The zero-order valence-electron chi connectivity index (χ0n) is 32.7. The smallest absolute Gasteiger partial charge is 0.0574 e. The van der Waals surface area contributed by atoms with Crippen molar-refractivity contribution in [2.45, 2.75) is 6.54 Å². The largest absolute Gasteiger partial charge is 0.336 e. The molecular weight excluding hydrogens is 713 g/mol. The number of anilines is 3. The normalized spacial score (nSPS) is 11.5. The van der Waals surface area contributed by atoms with Gasteiger partial charge in [0.15, 0.2) is 0 Å². The first kappa shape index (κ1) is 35.7. The fraction of sp³-hybridized carbons (Fsp3) is 0.0175. The standard InChI is InChI=1S/C57H42N2/c1-2-3-18-40-58-52-36-14-11-30-47(52)50-34-21-35-51(57(50)58)48-31-13-17-39-55(48)59(53-37-15-10-28-44(53)41-22-6-4-7-23-41)54-38-16-12-29-46(54)49-33-20-27-43-26-19-32-45(56(43)49)42-24-8-5-9-25-42/h2-39H,1,40H2/b18-3-. The van der Waals surface area contributed by atoms with E-state index in [9.17, 15) is 0 Å². The third-order valence-corrected chi connectivity index (χ3v) is 11.4. The van der Waals surface area contributed by atoms with Crippen molar-refractivity contribution in [1.29, 1.82) is 0 Å². The first-order chi connectivity index (χ1) is 29.3. The second-order valence-corrected chi connectivity index (χ2v) is 14.8. The van der Waals surface area contributed by atoms with Gasteiger partial charge in [0.05, 0.1) is 22.6 Å². The Kier molecular flexibility index (Phi) is 9.50. The number of allylic oxidation sites excluding steroid dienone is 3. The Hall–Kier alpha value is -7.68. The minimum Gasteiger partial charge on any atom is -0.336 e. The number of benzene rings is 9. The highest BCUT2D eigenvalue weighted by Crippen LogP contribution is 2.50. The molecule has 0 amide bonds. The second kappa shape index (κ2) is 15.7. The fourth-order valence-corrected chi connectivity index (χ4v) is 8.91. The topological polar surface area (TPSA) is 8.17 Å². The Balaban J connectivity index is 1.28. The number of rotatable bonds is 10. The highest BCUT2D eigenvalue weighted by Gasteiger charge is 2.25. The van der Waals surface area contributed by atoms with Crippen LogP contribution in [0.4, 0.5) is 17.1 Å². The van der Waals surface area contributed by atoms with Gasteiger partial charge in [0.2, 0.25) is 0 Å². The molecule has 0 bridgehead atoms. The van der Waals surface area contributed by atoms with Crippen molar-refractivity contribution >= 4 is 49.6 Å². The molecule has 2 nitrogen and oxygen atoms in total. The first-order valence-electron chi connectivity index (χ1n) is 20.3.